The van der Waals surface area contributed by atoms with Crippen molar-refractivity contribution in [2.75, 3.05) is 5.32 Å². The first-order chi connectivity index (χ1) is 12.8. The maximum atomic E-state index is 12.2. The molecule has 2 amide bonds. The van der Waals surface area contributed by atoms with Crippen LogP contribution in [0.5, 0.6) is 5.75 Å². The predicted molar refractivity (Wildman–Crippen MR) is 93.6 cm³/mol. The molecule has 1 heterocycles. The number of alkyl halides is 2. The molecule has 0 radical (unpaired) electrons. The van der Waals surface area contributed by atoms with E-state index in [1.165, 1.54) is 12.1 Å². The van der Waals surface area contributed by atoms with Gasteiger partial charge < -0.3 is 15.8 Å². The van der Waals surface area contributed by atoms with Crippen molar-refractivity contribution in [3.8, 4) is 5.75 Å². The molecular weight excluding hydrogens is 360 g/mol. The Morgan fingerprint density at radius 3 is 2.67 bits per heavy atom. The molecule has 0 bridgehead atoms. The number of carbonyl (C=O) groups excluding carboxylic acids is 2. The van der Waals surface area contributed by atoms with E-state index in [9.17, 15) is 18.4 Å². The van der Waals surface area contributed by atoms with E-state index in [0.717, 1.165) is 11.8 Å². The number of aromatic nitrogens is 1. The quantitative estimate of drug-likeness (QED) is 0.432. The Morgan fingerprint density at radius 1 is 1.26 bits per heavy atom. The number of ether oxygens (including phenoxy) is 1. The van der Waals surface area contributed by atoms with Crippen LogP contribution in [-0.4, -0.2) is 29.4 Å². The van der Waals surface area contributed by atoms with Crippen LogP contribution in [-0.2, 0) is 11.2 Å². The van der Waals surface area contributed by atoms with E-state index in [0.29, 0.717) is 12.1 Å². The summed E-state index contributed by atoms with van der Waals surface area (Å²) in [5.74, 6) is -1.47. The van der Waals surface area contributed by atoms with Gasteiger partial charge in [-0.15, -0.1) is 0 Å². The number of carbonyl (C=O) groups is 2. The summed E-state index contributed by atoms with van der Waals surface area (Å²) in [5, 5.41) is 11.8. The monoisotopic (exact) mass is 377 g/mol. The number of anilines is 1. The van der Waals surface area contributed by atoms with Gasteiger partial charge in [0.2, 0.25) is 5.91 Å². The molecule has 142 valence electrons. The van der Waals surface area contributed by atoms with Gasteiger partial charge in [0.05, 0.1) is 6.20 Å². The Morgan fingerprint density at radius 2 is 2.04 bits per heavy atom. The molecule has 0 saturated carbocycles. The number of pyridine rings is 1. The highest BCUT2D eigenvalue weighted by Gasteiger charge is 2.10. The minimum absolute atomic E-state index is 0.0304. The lowest BCUT2D eigenvalue weighted by Crippen LogP contribution is -2.35. The Bertz CT molecular complexity index is 828. The van der Waals surface area contributed by atoms with Gasteiger partial charge in [-0.3, -0.25) is 20.3 Å². The minimum Gasteiger partial charge on any atom is -0.433 e. The van der Waals surface area contributed by atoms with Crippen LogP contribution in [0.3, 0.4) is 0 Å². The lowest BCUT2D eigenvalue weighted by molar-refractivity contribution is -0.119. The van der Waals surface area contributed by atoms with Crippen LogP contribution in [0.2, 0.25) is 0 Å². The van der Waals surface area contributed by atoms with Crippen molar-refractivity contribution >= 4 is 23.5 Å². The number of rotatable bonds is 7. The van der Waals surface area contributed by atoms with E-state index in [2.05, 4.69) is 20.4 Å². The number of benzene rings is 1. The maximum Gasteiger partial charge on any atom is 0.387 e. The highest BCUT2D eigenvalue weighted by atomic mass is 19.3. The minimum atomic E-state index is -2.97. The van der Waals surface area contributed by atoms with Gasteiger partial charge in [0.25, 0.3) is 5.91 Å². The highest BCUT2D eigenvalue weighted by Crippen LogP contribution is 2.15. The molecule has 2 rings (SSSR count). The smallest absolute Gasteiger partial charge is 0.387 e. The number of guanidine groups is 1. The van der Waals surface area contributed by atoms with E-state index >= 15 is 0 Å². The maximum absolute atomic E-state index is 12.2. The molecule has 0 aliphatic heterocycles. The second-order valence-corrected chi connectivity index (χ2v) is 5.37. The topological polar surface area (TPSA) is 130 Å². The Kier molecular flexibility index (Phi) is 6.75. The molecule has 27 heavy (non-hydrogen) atoms. The van der Waals surface area contributed by atoms with Gasteiger partial charge in [0.1, 0.15) is 11.4 Å². The summed E-state index contributed by atoms with van der Waals surface area (Å²) in [6, 6.07) is 9.33. The van der Waals surface area contributed by atoms with E-state index in [-0.39, 0.29) is 23.8 Å². The summed E-state index contributed by atoms with van der Waals surface area (Å²) in [7, 11) is 0. The first-order valence-electron chi connectivity index (χ1n) is 7.78. The van der Waals surface area contributed by atoms with Crippen molar-refractivity contribution in [3.05, 3.63) is 53.9 Å². The molecule has 0 spiro atoms. The molecular formula is C17H17F2N5O3. The summed E-state index contributed by atoms with van der Waals surface area (Å²) in [5.41, 5.74) is 6.39. The molecule has 1 aromatic heterocycles. The number of aryl methyl sites for hydroxylation is 1. The van der Waals surface area contributed by atoms with Crippen LogP contribution in [0.25, 0.3) is 0 Å². The molecule has 5 N–H and O–H groups in total. The number of amides is 2. The van der Waals surface area contributed by atoms with Gasteiger partial charge in [0.15, 0.2) is 5.96 Å². The van der Waals surface area contributed by atoms with Gasteiger partial charge >= 0.3 is 6.61 Å². The average molecular weight is 377 g/mol. The molecule has 1 aromatic carbocycles. The van der Waals surface area contributed by atoms with Crippen LogP contribution < -0.4 is 21.1 Å². The van der Waals surface area contributed by atoms with E-state index < -0.39 is 18.5 Å². The highest BCUT2D eigenvalue weighted by molar-refractivity contribution is 6.02. The van der Waals surface area contributed by atoms with E-state index in [1.807, 2.05) is 0 Å². The third kappa shape index (κ3) is 6.69. The van der Waals surface area contributed by atoms with Gasteiger partial charge in [-0.1, -0.05) is 12.1 Å². The number of nitrogens with one attached hydrogen (secondary N) is 3. The Labute approximate surface area is 153 Å². The fraction of sp³-hybridized carbons (Fsp3) is 0.176. The standard InChI is InChI=1S/C17H17F2N5O3/c18-16(19)27-12-5-6-13(22-9-12)15(26)23-11-3-1-2-10(8-11)4-7-14(25)24-17(20)21/h1-3,5-6,8-9,16H,4,7H2,(H,23,26)(H4,20,21,24,25). The van der Waals surface area contributed by atoms with Gasteiger partial charge in [0, 0.05) is 12.1 Å². The molecule has 0 aliphatic carbocycles. The number of hydrogen-bond acceptors (Lipinski definition) is 5. The van der Waals surface area contributed by atoms with Crippen molar-refractivity contribution in [2.45, 2.75) is 19.5 Å². The number of hydrogen-bond donors (Lipinski definition) is 4. The van der Waals surface area contributed by atoms with Crippen LogP contribution in [0.1, 0.15) is 22.5 Å². The zero-order chi connectivity index (χ0) is 19.8. The van der Waals surface area contributed by atoms with Crippen molar-refractivity contribution in [1.82, 2.24) is 10.3 Å². The summed E-state index contributed by atoms with van der Waals surface area (Å²) in [4.78, 5) is 27.5. The molecule has 2 aromatic rings. The van der Waals surface area contributed by atoms with Crippen LogP contribution in [0.4, 0.5) is 14.5 Å². The van der Waals surface area contributed by atoms with Gasteiger partial charge in [-0.25, -0.2) is 4.98 Å². The third-order valence-electron chi connectivity index (χ3n) is 3.29. The van der Waals surface area contributed by atoms with E-state index in [1.54, 1.807) is 24.3 Å². The lowest BCUT2D eigenvalue weighted by Gasteiger charge is -2.08. The summed E-state index contributed by atoms with van der Waals surface area (Å²) in [6.07, 6.45) is 1.55. The third-order valence-corrected chi connectivity index (χ3v) is 3.29. The Balaban J connectivity index is 1.95. The second-order valence-electron chi connectivity index (χ2n) is 5.37. The predicted octanol–water partition coefficient (Wildman–Crippen LogP) is 1.88. The largest absolute Gasteiger partial charge is 0.433 e. The Hall–Kier alpha value is -3.56. The van der Waals surface area contributed by atoms with Gasteiger partial charge in [-0.2, -0.15) is 8.78 Å². The molecule has 0 saturated heterocycles. The number of nitrogens with zero attached hydrogens (tertiary/aromatic N) is 1. The van der Waals surface area contributed by atoms with Crippen LogP contribution >= 0.6 is 0 Å². The summed E-state index contributed by atoms with van der Waals surface area (Å²) in [6.45, 7) is -2.97. The normalized spacial score (nSPS) is 10.3. The average Bonchev–Trinajstić information content (AvgIpc) is 2.60. The van der Waals surface area contributed by atoms with Crippen molar-refractivity contribution in [1.29, 1.82) is 5.41 Å². The fourth-order valence-electron chi connectivity index (χ4n) is 2.16. The zero-order valence-electron chi connectivity index (χ0n) is 14.0. The zero-order valence-corrected chi connectivity index (χ0v) is 14.0. The van der Waals surface area contributed by atoms with Crippen molar-refractivity contribution in [2.24, 2.45) is 5.73 Å². The molecule has 0 aliphatic rings. The molecule has 0 fully saturated rings. The fourth-order valence-corrected chi connectivity index (χ4v) is 2.16. The van der Waals surface area contributed by atoms with Crippen molar-refractivity contribution < 1.29 is 23.1 Å². The molecule has 10 heteroatoms. The van der Waals surface area contributed by atoms with E-state index in [4.69, 9.17) is 11.1 Å². The van der Waals surface area contributed by atoms with Crippen molar-refractivity contribution in [3.63, 3.8) is 0 Å². The first kappa shape index (κ1) is 19.8. The summed E-state index contributed by atoms with van der Waals surface area (Å²) >= 11 is 0. The molecule has 8 nitrogen and oxygen atoms in total. The molecule has 0 atom stereocenters. The van der Waals surface area contributed by atoms with Gasteiger partial charge in [-0.05, 0) is 36.2 Å². The first-order valence-corrected chi connectivity index (χ1v) is 7.78. The number of nitrogens with two attached hydrogens (primary N) is 1. The van der Waals surface area contributed by atoms with Crippen LogP contribution in [0, 0.1) is 5.41 Å². The lowest BCUT2D eigenvalue weighted by atomic mass is 10.1. The number of halogens is 2. The second kappa shape index (κ2) is 9.22. The SMILES string of the molecule is N=C(N)NC(=O)CCc1cccc(NC(=O)c2ccc(OC(F)F)cn2)c1. The summed E-state index contributed by atoms with van der Waals surface area (Å²) < 4.78 is 28.4. The molecule has 0 unspecified atom stereocenters. The van der Waals surface area contributed by atoms with Crippen LogP contribution in [0.15, 0.2) is 42.6 Å².